The average Bonchev–Trinajstić information content (AvgIpc) is 3.39. The van der Waals surface area contributed by atoms with Crippen LogP contribution in [0, 0.1) is 0 Å². The molecule has 0 atom stereocenters. The first kappa shape index (κ1) is 31.1. The lowest BCUT2D eigenvalue weighted by Gasteiger charge is -2.10. The summed E-state index contributed by atoms with van der Waals surface area (Å²) in [7, 11) is -3.39. The number of benzene rings is 4. The van der Waals surface area contributed by atoms with Gasteiger partial charge in [-0.25, -0.2) is 18.2 Å². The summed E-state index contributed by atoms with van der Waals surface area (Å²) in [6.45, 7) is 2.81. The van der Waals surface area contributed by atoms with Crippen LogP contribution in [-0.2, 0) is 22.1 Å². The van der Waals surface area contributed by atoms with Gasteiger partial charge >= 0.3 is 5.97 Å². The molecule has 1 heterocycles. The molecule has 10 heteroatoms. The minimum atomic E-state index is -3.39. The minimum Gasteiger partial charge on any atom is -0.478 e. The fourth-order valence-electron chi connectivity index (χ4n) is 4.68. The van der Waals surface area contributed by atoms with E-state index in [0.717, 1.165) is 46.6 Å². The van der Waals surface area contributed by atoms with E-state index in [4.69, 9.17) is 32.9 Å². The molecule has 44 heavy (non-hydrogen) atoms. The molecule has 0 radical (unpaired) electrons. The molecule has 1 N–H and O–H groups in total. The summed E-state index contributed by atoms with van der Waals surface area (Å²) < 4.78 is 31.2. The second-order valence-corrected chi connectivity index (χ2v) is 13.2. The number of nitrogens with zero attached hydrogens (tertiary/aromatic N) is 2. The Kier molecular flexibility index (Phi) is 9.25. The Hall–Kier alpha value is -4.37. The van der Waals surface area contributed by atoms with Crippen molar-refractivity contribution in [3.63, 3.8) is 0 Å². The van der Waals surface area contributed by atoms with Gasteiger partial charge in [-0.15, -0.1) is 0 Å². The summed E-state index contributed by atoms with van der Waals surface area (Å²) in [6, 6.07) is 25.3. The SMILES string of the molecule is CCn1cc(-c2ccc(Cl)cc2Cl)nc1/C=C/c1ccc(-c2ccc(Oc3ccc(CS(C)(=O)=O)c(C(=O)O)c3)cc2)cc1. The molecule has 7 nitrogen and oxygen atoms in total. The van der Waals surface area contributed by atoms with Gasteiger partial charge in [0.05, 0.1) is 22.0 Å². The summed E-state index contributed by atoms with van der Waals surface area (Å²) in [5.41, 5.74) is 4.72. The molecule has 0 aliphatic rings. The molecule has 0 bridgehead atoms. The first-order valence-corrected chi connectivity index (χ1v) is 16.4. The van der Waals surface area contributed by atoms with Crippen molar-refractivity contribution in [1.29, 1.82) is 0 Å². The zero-order valence-electron chi connectivity index (χ0n) is 23.9. The van der Waals surface area contributed by atoms with Crippen molar-refractivity contribution in [3.05, 3.63) is 124 Å². The van der Waals surface area contributed by atoms with Crippen molar-refractivity contribution < 1.29 is 23.1 Å². The maximum Gasteiger partial charge on any atom is 0.336 e. The van der Waals surface area contributed by atoms with Crippen LogP contribution in [0.2, 0.25) is 10.0 Å². The van der Waals surface area contributed by atoms with Crippen LogP contribution >= 0.6 is 23.2 Å². The number of hydrogen-bond acceptors (Lipinski definition) is 5. The number of carboxylic acids is 1. The Bertz CT molecular complexity index is 1970. The lowest BCUT2D eigenvalue weighted by atomic mass is 10.0. The Balaban J connectivity index is 1.28. The molecule has 0 fully saturated rings. The highest BCUT2D eigenvalue weighted by atomic mass is 35.5. The number of aromatic nitrogens is 2. The number of imidazole rings is 1. The number of rotatable bonds is 10. The van der Waals surface area contributed by atoms with Crippen molar-refractivity contribution in [1.82, 2.24) is 9.55 Å². The molecular weight excluding hydrogens is 619 g/mol. The lowest BCUT2D eigenvalue weighted by molar-refractivity contribution is 0.0695. The van der Waals surface area contributed by atoms with Gasteiger partial charge in [-0.05, 0) is 77.7 Å². The fourth-order valence-corrected chi connectivity index (χ4v) is 6.00. The Morgan fingerprint density at radius 1 is 0.909 bits per heavy atom. The van der Waals surface area contributed by atoms with E-state index in [0.29, 0.717) is 21.5 Å². The molecule has 0 unspecified atom stereocenters. The van der Waals surface area contributed by atoms with Crippen LogP contribution in [-0.4, -0.2) is 35.3 Å². The van der Waals surface area contributed by atoms with Gasteiger partial charge < -0.3 is 14.4 Å². The fraction of sp³-hybridized carbons (Fsp3) is 0.118. The Morgan fingerprint density at radius 3 is 2.18 bits per heavy atom. The molecule has 0 saturated heterocycles. The molecule has 0 aliphatic carbocycles. The van der Waals surface area contributed by atoms with E-state index in [2.05, 4.69) is 11.5 Å². The van der Waals surface area contributed by atoms with Gasteiger partial charge in [0.25, 0.3) is 0 Å². The zero-order valence-corrected chi connectivity index (χ0v) is 26.2. The largest absolute Gasteiger partial charge is 0.478 e. The van der Waals surface area contributed by atoms with Gasteiger partial charge in [-0.1, -0.05) is 71.7 Å². The van der Waals surface area contributed by atoms with Gasteiger partial charge in [0, 0.05) is 29.6 Å². The molecule has 0 spiro atoms. The van der Waals surface area contributed by atoms with Crippen LogP contribution in [0.15, 0.2) is 91.1 Å². The molecule has 5 aromatic rings. The van der Waals surface area contributed by atoms with E-state index in [1.54, 1.807) is 30.3 Å². The van der Waals surface area contributed by atoms with Gasteiger partial charge in [-0.3, -0.25) is 0 Å². The summed E-state index contributed by atoms with van der Waals surface area (Å²) in [4.78, 5) is 16.5. The third kappa shape index (κ3) is 7.58. The van der Waals surface area contributed by atoms with Gasteiger partial charge in [0.15, 0.2) is 9.84 Å². The van der Waals surface area contributed by atoms with E-state index in [1.807, 2.05) is 60.8 Å². The number of ether oxygens (including phenoxy) is 1. The van der Waals surface area contributed by atoms with Crippen molar-refractivity contribution >= 4 is 51.2 Å². The molecule has 5 rings (SSSR count). The van der Waals surface area contributed by atoms with E-state index in [-0.39, 0.29) is 16.9 Å². The number of aryl methyl sites for hydroxylation is 1. The molecule has 224 valence electrons. The minimum absolute atomic E-state index is 0.108. The van der Waals surface area contributed by atoms with Crippen LogP contribution in [0.4, 0.5) is 0 Å². The van der Waals surface area contributed by atoms with Crippen LogP contribution < -0.4 is 4.74 Å². The monoisotopic (exact) mass is 646 g/mol. The van der Waals surface area contributed by atoms with Crippen molar-refractivity contribution in [2.75, 3.05) is 6.26 Å². The second kappa shape index (κ2) is 13.1. The number of hydrogen-bond donors (Lipinski definition) is 1. The highest BCUT2D eigenvalue weighted by Crippen LogP contribution is 2.31. The van der Waals surface area contributed by atoms with E-state index < -0.39 is 15.8 Å². The number of carbonyl (C=O) groups is 1. The van der Waals surface area contributed by atoms with E-state index >= 15 is 0 Å². The summed E-state index contributed by atoms with van der Waals surface area (Å²) >= 11 is 12.4. The number of carboxylic acid groups (broad SMARTS) is 1. The molecule has 0 amide bonds. The third-order valence-corrected chi connectivity index (χ3v) is 8.23. The first-order valence-electron chi connectivity index (χ1n) is 13.6. The lowest BCUT2D eigenvalue weighted by Crippen LogP contribution is -2.08. The number of halogens is 2. The predicted molar refractivity (Wildman–Crippen MR) is 176 cm³/mol. The highest BCUT2D eigenvalue weighted by Gasteiger charge is 2.16. The standard InChI is InChI=1S/C34H28Cl2N2O5S/c1-3-38-20-32(29-16-12-26(35)18-31(29)36)37-33(38)17-6-22-4-7-23(8-5-22)24-9-13-27(14-10-24)43-28-15-11-25(21-44(2,41)42)30(19-28)34(39)40/h4-20H,3,21H2,1-2H3,(H,39,40)/b17-6+. The quantitative estimate of drug-likeness (QED) is 0.163. The molecule has 4 aromatic carbocycles. The Labute approximate surface area is 265 Å². The van der Waals surface area contributed by atoms with E-state index in [9.17, 15) is 18.3 Å². The molecule has 0 aliphatic heterocycles. The molecule has 1 aromatic heterocycles. The number of aromatic carboxylic acids is 1. The Morgan fingerprint density at radius 2 is 1.57 bits per heavy atom. The summed E-state index contributed by atoms with van der Waals surface area (Å²) in [6.07, 6.45) is 7.02. The normalized spacial score (nSPS) is 11.6. The van der Waals surface area contributed by atoms with Gasteiger partial charge in [0.1, 0.15) is 17.3 Å². The molecular formula is C34H28Cl2N2O5S. The average molecular weight is 648 g/mol. The number of sulfone groups is 1. The maximum atomic E-state index is 11.7. The van der Waals surface area contributed by atoms with Gasteiger partial charge in [0.2, 0.25) is 0 Å². The van der Waals surface area contributed by atoms with Crippen LogP contribution in [0.3, 0.4) is 0 Å². The van der Waals surface area contributed by atoms with Crippen LogP contribution in [0.5, 0.6) is 11.5 Å². The third-order valence-electron chi connectivity index (χ3n) is 6.84. The zero-order chi connectivity index (χ0) is 31.4. The second-order valence-electron chi connectivity index (χ2n) is 10.2. The topological polar surface area (TPSA) is 98.5 Å². The van der Waals surface area contributed by atoms with Crippen LogP contribution in [0.25, 0.3) is 34.5 Å². The summed E-state index contributed by atoms with van der Waals surface area (Å²) in [5.74, 6) is 0.0588. The predicted octanol–water partition coefficient (Wildman–Crippen LogP) is 8.75. The van der Waals surface area contributed by atoms with Gasteiger partial charge in [-0.2, -0.15) is 0 Å². The summed E-state index contributed by atoms with van der Waals surface area (Å²) in [5, 5.41) is 10.7. The first-order chi connectivity index (χ1) is 21.0. The van der Waals surface area contributed by atoms with Crippen molar-refractivity contribution in [2.45, 2.75) is 19.2 Å². The van der Waals surface area contributed by atoms with Crippen molar-refractivity contribution in [3.8, 4) is 33.9 Å². The molecule has 0 saturated carbocycles. The maximum absolute atomic E-state index is 11.7. The smallest absolute Gasteiger partial charge is 0.336 e. The van der Waals surface area contributed by atoms with Crippen molar-refractivity contribution in [2.24, 2.45) is 0 Å². The van der Waals surface area contributed by atoms with Crippen LogP contribution in [0.1, 0.15) is 34.2 Å². The van der Waals surface area contributed by atoms with E-state index in [1.165, 1.54) is 12.1 Å². The highest BCUT2D eigenvalue weighted by molar-refractivity contribution is 7.89.